The van der Waals surface area contributed by atoms with Crippen molar-refractivity contribution in [3.63, 3.8) is 0 Å². The number of aromatic nitrogens is 1. The summed E-state index contributed by atoms with van der Waals surface area (Å²) in [6.07, 6.45) is 1.74. The Morgan fingerprint density at radius 1 is 0.952 bits per heavy atom. The molecule has 0 bridgehead atoms. The summed E-state index contributed by atoms with van der Waals surface area (Å²) in [4.78, 5) is 16.8. The maximum Gasteiger partial charge on any atom is 0.257 e. The van der Waals surface area contributed by atoms with Gasteiger partial charge in [0.05, 0.1) is 16.8 Å². The second-order valence-corrected chi connectivity index (χ2v) is 4.63. The molecular weight excluding hydrogens is 262 g/mol. The van der Waals surface area contributed by atoms with E-state index in [9.17, 15) is 4.79 Å². The number of hydrogen-bond donors (Lipinski definition) is 2. The van der Waals surface area contributed by atoms with E-state index < -0.39 is 0 Å². The summed E-state index contributed by atoms with van der Waals surface area (Å²) < 4.78 is 0. The normalized spacial score (nSPS) is 10.3. The van der Waals surface area contributed by atoms with Crippen molar-refractivity contribution >= 4 is 28.2 Å². The first-order valence-electron chi connectivity index (χ1n) is 6.71. The SMILES string of the molecule is CNc1ccccc1C(=O)Nc1cccc2ncccc12. The van der Waals surface area contributed by atoms with Crippen molar-refractivity contribution in [3.05, 3.63) is 66.4 Å². The van der Waals surface area contributed by atoms with Crippen LogP contribution >= 0.6 is 0 Å². The van der Waals surface area contributed by atoms with Gasteiger partial charge in [0.25, 0.3) is 5.91 Å². The molecule has 1 heterocycles. The number of rotatable bonds is 3. The second-order valence-electron chi connectivity index (χ2n) is 4.63. The minimum Gasteiger partial charge on any atom is -0.387 e. The number of pyridine rings is 1. The van der Waals surface area contributed by atoms with Gasteiger partial charge < -0.3 is 10.6 Å². The van der Waals surface area contributed by atoms with Crippen LogP contribution in [0.4, 0.5) is 11.4 Å². The first-order chi connectivity index (χ1) is 10.3. The van der Waals surface area contributed by atoms with Crippen LogP contribution in [0.15, 0.2) is 60.8 Å². The Hall–Kier alpha value is -2.88. The van der Waals surface area contributed by atoms with Gasteiger partial charge in [0.1, 0.15) is 0 Å². The van der Waals surface area contributed by atoms with E-state index in [0.717, 1.165) is 22.3 Å². The predicted octanol–water partition coefficient (Wildman–Crippen LogP) is 3.53. The van der Waals surface area contributed by atoms with Gasteiger partial charge >= 0.3 is 0 Å². The molecule has 0 saturated heterocycles. The molecule has 3 rings (SSSR count). The Morgan fingerprint density at radius 3 is 2.62 bits per heavy atom. The average molecular weight is 277 g/mol. The number of amides is 1. The summed E-state index contributed by atoms with van der Waals surface area (Å²) in [7, 11) is 1.80. The molecular formula is C17H15N3O. The third-order valence-corrected chi connectivity index (χ3v) is 3.33. The van der Waals surface area contributed by atoms with Crippen molar-refractivity contribution in [2.45, 2.75) is 0 Å². The molecule has 1 amide bonds. The molecule has 0 spiro atoms. The van der Waals surface area contributed by atoms with Crippen LogP contribution in [-0.4, -0.2) is 17.9 Å². The Bertz CT molecular complexity index is 793. The molecule has 0 aliphatic carbocycles. The number of fused-ring (bicyclic) bond motifs is 1. The second kappa shape index (κ2) is 5.63. The summed E-state index contributed by atoms with van der Waals surface area (Å²) >= 11 is 0. The Morgan fingerprint density at radius 2 is 1.76 bits per heavy atom. The zero-order valence-corrected chi connectivity index (χ0v) is 11.6. The summed E-state index contributed by atoms with van der Waals surface area (Å²) in [6, 6.07) is 16.9. The van der Waals surface area contributed by atoms with Crippen molar-refractivity contribution in [1.29, 1.82) is 0 Å². The quantitative estimate of drug-likeness (QED) is 0.770. The first-order valence-corrected chi connectivity index (χ1v) is 6.71. The van der Waals surface area contributed by atoms with E-state index in [-0.39, 0.29) is 5.91 Å². The van der Waals surface area contributed by atoms with Crippen LogP contribution in [0, 0.1) is 0 Å². The number of anilines is 2. The third-order valence-electron chi connectivity index (χ3n) is 3.33. The van der Waals surface area contributed by atoms with Crippen LogP contribution in [0.25, 0.3) is 10.9 Å². The van der Waals surface area contributed by atoms with E-state index in [4.69, 9.17) is 0 Å². The highest BCUT2D eigenvalue weighted by molar-refractivity contribution is 6.11. The Kier molecular flexibility index (Phi) is 3.51. The highest BCUT2D eigenvalue weighted by atomic mass is 16.1. The molecule has 0 aliphatic heterocycles. The van der Waals surface area contributed by atoms with Crippen LogP contribution in [0.3, 0.4) is 0 Å². The maximum atomic E-state index is 12.5. The van der Waals surface area contributed by atoms with Gasteiger partial charge in [0.2, 0.25) is 0 Å². The van der Waals surface area contributed by atoms with E-state index >= 15 is 0 Å². The van der Waals surface area contributed by atoms with E-state index in [0.29, 0.717) is 5.56 Å². The molecule has 0 fully saturated rings. The van der Waals surface area contributed by atoms with Crippen molar-refractivity contribution in [2.24, 2.45) is 0 Å². The van der Waals surface area contributed by atoms with Gasteiger partial charge in [0.15, 0.2) is 0 Å². The van der Waals surface area contributed by atoms with Gasteiger partial charge in [-0.15, -0.1) is 0 Å². The van der Waals surface area contributed by atoms with Crippen LogP contribution in [0.5, 0.6) is 0 Å². The molecule has 2 N–H and O–H groups in total. The number of nitrogens with zero attached hydrogens (tertiary/aromatic N) is 1. The molecule has 0 saturated carbocycles. The maximum absolute atomic E-state index is 12.5. The van der Waals surface area contributed by atoms with Gasteiger partial charge in [-0.3, -0.25) is 9.78 Å². The number of benzene rings is 2. The fourth-order valence-electron chi connectivity index (χ4n) is 2.30. The monoisotopic (exact) mass is 277 g/mol. The summed E-state index contributed by atoms with van der Waals surface area (Å²) in [5.74, 6) is -0.142. The fourth-order valence-corrected chi connectivity index (χ4v) is 2.30. The van der Waals surface area contributed by atoms with E-state index in [2.05, 4.69) is 15.6 Å². The zero-order valence-electron chi connectivity index (χ0n) is 11.6. The van der Waals surface area contributed by atoms with E-state index in [1.807, 2.05) is 48.5 Å². The van der Waals surface area contributed by atoms with Gasteiger partial charge in [0, 0.05) is 24.3 Å². The highest BCUT2D eigenvalue weighted by Crippen LogP contribution is 2.23. The van der Waals surface area contributed by atoms with Crippen LogP contribution < -0.4 is 10.6 Å². The van der Waals surface area contributed by atoms with Crippen molar-refractivity contribution in [1.82, 2.24) is 4.98 Å². The number of para-hydroxylation sites is 1. The third kappa shape index (κ3) is 2.56. The minimum absolute atomic E-state index is 0.142. The van der Waals surface area contributed by atoms with Crippen LogP contribution in [-0.2, 0) is 0 Å². The summed E-state index contributed by atoms with van der Waals surface area (Å²) in [6.45, 7) is 0. The van der Waals surface area contributed by atoms with Crippen LogP contribution in [0.1, 0.15) is 10.4 Å². The van der Waals surface area contributed by atoms with E-state index in [1.54, 1.807) is 19.3 Å². The molecule has 0 radical (unpaired) electrons. The topological polar surface area (TPSA) is 54.0 Å². The smallest absolute Gasteiger partial charge is 0.257 e. The first kappa shape index (κ1) is 13.1. The van der Waals surface area contributed by atoms with Gasteiger partial charge in [-0.25, -0.2) is 0 Å². The molecule has 3 aromatic rings. The molecule has 4 nitrogen and oxygen atoms in total. The van der Waals surface area contributed by atoms with Crippen LogP contribution in [0.2, 0.25) is 0 Å². The number of carbonyl (C=O) groups is 1. The number of nitrogens with one attached hydrogen (secondary N) is 2. The zero-order chi connectivity index (χ0) is 14.7. The standard InChI is InChI=1S/C17H15N3O/c1-18-14-8-3-2-6-13(14)17(21)20-16-10-4-9-15-12(16)7-5-11-19-15/h2-11,18H,1H3,(H,20,21). The minimum atomic E-state index is -0.142. The lowest BCUT2D eigenvalue weighted by Gasteiger charge is -2.11. The molecule has 1 aromatic heterocycles. The molecule has 21 heavy (non-hydrogen) atoms. The molecule has 0 aliphatic rings. The molecule has 4 heteroatoms. The molecule has 2 aromatic carbocycles. The van der Waals surface area contributed by atoms with Gasteiger partial charge in [-0.1, -0.05) is 18.2 Å². The fraction of sp³-hybridized carbons (Fsp3) is 0.0588. The van der Waals surface area contributed by atoms with Crippen molar-refractivity contribution < 1.29 is 4.79 Å². The summed E-state index contributed by atoms with van der Waals surface area (Å²) in [5, 5.41) is 6.91. The Labute approximate surface area is 122 Å². The summed E-state index contributed by atoms with van der Waals surface area (Å²) in [5.41, 5.74) is 3.03. The molecule has 0 atom stereocenters. The molecule has 104 valence electrons. The van der Waals surface area contributed by atoms with Gasteiger partial charge in [-0.2, -0.15) is 0 Å². The highest BCUT2D eigenvalue weighted by Gasteiger charge is 2.11. The number of hydrogen-bond acceptors (Lipinski definition) is 3. The van der Waals surface area contributed by atoms with Crippen molar-refractivity contribution in [2.75, 3.05) is 17.7 Å². The number of carbonyl (C=O) groups excluding carboxylic acids is 1. The molecule has 0 unspecified atom stereocenters. The van der Waals surface area contributed by atoms with Crippen molar-refractivity contribution in [3.8, 4) is 0 Å². The van der Waals surface area contributed by atoms with E-state index in [1.165, 1.54) is 0 Å². The lowest BCUT2D eigenvalue weighted by molar-refractivity contribution is 0.102. The average Bonchev–Trinajstić information content (AvgIpc) is 2.55. The predicted molar refractivity (Wildman–Crippen MR) is 85.7 cm³/mol. The Balaban J connectivity index is 1.97. The lowest BCUT2D eigenvalue weighted by atomic mass is 10.1. The van der Waals surface area contributed by atoms with Gasteiger partial charge in [-0.05, 0) is 36.4 Å². The largest absolute Gasteiger partial charge is 0.387 e. The lowest BCUT2D eigenvalue weighted by Crippen LogP contribution is -2.14.